The molecule has 4 nitrogen and oxygen atoms in total. The number of rotatable bonds is 9. The van der Waals surface area contributed by atoms with E-state index in [1.54, 1.807) is 18.4 Å². The lowest BCUT2D eigenvalue weighted by Crippen LogP contribution is -2.29. The summed E-state index contributed by atoms with van der Waals surface area (Å²) in [5.41, 5.74) is 0. The highest BCUT2D eigenvalue weighted by atomic mass is 79.9. The van der Waals surface area contributed by atoms with Crippen molar-refractivity contribution in [1.82, 2.24) is 9.62 Å². The first-order valence-corrected chi connectivity index (χ1v) is 10.00. The second-order valence-electron chi connectivity index (χ2n) is 5.12. The summed E-state index contributed by atoms with van der Waals surface area (Å²) >= 11 is 4.94. The van der Waals surface area contributed by atoms with Gasteiger partial charge in [0.15, 0.2) is 0 Å². The largest absolute Gasteiger partial charge is 0.315 e. The first kappa shape index (κ1) is 18.1. The molecule has 0 radical (unpaired) electrons. The van der Waals surface area contributed by atoms with Crippen molar-refractivity contribution in [3.63, 3.8) is 0 Å². The monoisotopic (exact) mass is 382 g/mol. The van der Waals surface area contributed by atoms with Crippen LogP contribution < -0.4 is 5.32 Å². The molecule has 0 aliphatic heterocycles. The molecule has 1 heterocycles. The Morgan fingerprint density at radius 2 is 2.10 bits per heavy atom. The fourth-order valence-electron chi connectivity index (χ4n) is 1.71. The molecule has 0 bridgehead atoms. The number of unbranched alkanes of at least 4 members (excludes halogenated alkanes) is 1. The number of hydrogen-bond donors (Lipinski definition) is 1. The van der Waals surface area contributed by atoms with Gasteiger partial charge in [0.05, 0.1) is 5.75 Å². The molecule has 20 heavy (non-hydrogen) atoms. The minimum atomic E-state index is -3.15. The minimum Gasteiger partial charge on any atom is -0.315 e. The molecule has 1 aromatic rings. The fourth-order valence-corrected chi connectivity index (χ4v) is 4.51. The second kappa shape index (κ2) is 8.48. The van der Waals surface area contributed by atoms with Gasteiger partial charge in [-0.2, -0.15) is 4.31 Å². The molecule has 0 unspecified atom stereocenters. The molecule has 0 amide bonds. The summed E-state index contributed by atoms with van der Waals surface area (Å²) in [5, 5.41) is 5.26. The third-order valence-electron chi connectivity index (χ3n) is 2.86. The molecule has 0 fully saturated rings. The Morgan fingerprint density at radius 3 is 2.65 bits per heavy atom. The molecule has 1 N–H and O–H groups in total. The molecule has 0 aromatic carbocycles. The maximum atomic E-state index is 12.1. The first-order valence-electron chi connectivity index (χ1n) is 6.71. The maximum absolute atomic E-state index is 12.1. The van der Waals surface area contributed by atoms with E-state index in [0.717, 1.165) is 22.3 Å². The average molecular weight is 383 g/mol. The third kappa shape index (κ3) is 6.67. The third-order valence-corrected chi connectivity index (χ3v) is 6.42. The molecule has 0 saturated heterocycles. The molecule has 0 spiro atoms. The Kier molecular flexibility index (Phi) is 7.68. The van der Waals surface area contributed by atoms with Crippen LogP contribution >= 0.6 is 27.3 Å². The molecule has 0 atom stereocenters. The van der Waals surface area contributed by atoms with Crippen LogP contribution in [-0.2, 0) is 16.6 Å². The molecule has 0 aliphatic rings. The van der Waals surface area contributed by atoms with E-state index in [4.69, 9.17) is 0 Å². The molecule has 1 aromatic heterocycles. The van der Waals surface area contributed by atoms with Crippen LogP contribution in [0.4, 0.5) is 0 Å². The van der Waals surface area contributed by atoms with Gasteiger partial charge in [-0.1, -0.05) is 13.8 Å². The predicted molar refractivity (Wildman–Crippen MR) is 89.6 cm³/mol. The zero-order valence-corrected chi connectivity index (χ0v) is 15.4. The Labute approximate surface area is 134 Å². The van der Waals surface area contributed by atoms with Gasteiger partial charge < -0.3 is 5.32 Å². The van der Waals surface area contributed by atoms with E-state index in [-0.39, 0.29) is 5.75 Å². The number of halogens is 1. The Balaban J connectivity index is 2.35. The van der Waals surface area contributed by atoms with Crippen LogP contribution in [0.2, 0.25) is 0 Å². The highest BCUT2D eigenvalue weighted by molar-refractivity contribution is 9.10. The van der Waals surface area contributed by atoms with E-state index in [1.165, 1.54) is 4.31 Å². The lowest BCUT2D eigenvalue weighted by atomic mass is 10.3. The summed E-state index contributed by atoms with van der Waals surface area (Å²) in [7, 11) is -1.50. The summed E-state index contributed by atoms with van der Waals surface area (Å²) in [6, 6.07) is 2.41. The first-order chi connectivity index (χ1) is 9.31. The van der Waals surface area contributed by atoms with Gasteiger partial charge in [0.1, 0.15) is 0 Å². The van der Waals surface area contributed by atoms with Gasteiger partial charge in [0.2, 0.25) is 10.0 Å². The Bertz CT molecular complexity index is 500. The second-order valence-corrected chi connectivity index (χ2v) is 9.23. The van der Waals surface area contributed by atoms with Crippen LogP contribution in [0.15, 0.2) is 15.9 Å². The number of sulfonamides is 1. The Hall–Kier alpha value is 0.0500. The SMILES string of the molecule is CC(C)NCCCCS(=O)(=O)N(C)Cc1cc(Br)cs1. The predicted octanol–water partition coefficient (Wildman–Crippen LogP) is 3.05. The van der Waals surface area contributed by atoms with Crippen molar-refractivity contribution in [2.24, 2.45) is 0 Å². The summed E-state index contributed by atoms with van der Waals surface area (Å²) in [6.45, 7) is 5.49. The van der Waals surface area contributed by atoms with Crippen molar-refractivity contribution in [3.05, 3.63) is 20.8 Å². The van der Waals surface area contributed by atoms with Crippen molar-refractivity contribution in [3.8, 4) is 0 Å². The quantitative estimate of drug-likeness (QED) is 0.667. The highest BCUT2D eigenvalue weighted by Crippen LogP contribution is 2.21. The van der Waals surface area contributed by atoms with Crippen LogP contribution in [0.25, 0.3) is 0 Å². The molecular weight excluding hydrogens is 360 g/mol. The van der Waals surface area contributed by atoms with Crippen LogP contribution in [0.1, 0.15) is 31.6 Å². The van der Waals surface area contributed by atoms with Gasteiger partial charge in [-0.15, -0.1) is 11.3 Å². The smallest absolute Gasteiger partial charge is 0.214 e. The maximum Gasteiger partial charge on any atom is 0.214 e. The van der Waals surface area contributed by atoms with Crippen LogP contribution in [0.3, 0.4) is 0 Å². The van der Waals surface area contributed by atoms with Gasteiger partial charge in [-0.05, 0) is 41.4 Å². The number of nitrogens with zero attached hydrogens (tertiary/aromatic N) is 1. The molecule has 0 aliphatic carbocycles. The van der Waals surface area contributed by atoms with Gasteiger partial charge >= 0.3 is 0 Å². The lowest BCUT2D eigenvalue weighted by Gasteiger charge is -2.16. The number of hydrogen-bond acceptors (Lipinski definition) is 4. The number of nitrogens with one attached hydrogen (secondary N) is 1. The molecular formula is C13H23BrN2O2S2. The normalized spacial score (nSPS) is 12.5. The summed E-state index contributed by atoms with van der Waals surface area (Å²) in [5.74, 6) is 0.218. The molecule has 0 saturated carbocycles. The van der Waals surface area contributed by atoms with E-state index in [9.17, 15) is 8.42 Å². The van der Waals surface area contributed by atoms with Crippen molar-refractivity contribution < 1.29 is 8.42 Å². The van der Waals surface area contributed by atoms with Crippen LogP contribution in [0.5, 0.6) is 0 Å². The molecule has 1 rings (SSSR count). The number of thiophene rings is 1. The fraction of sp³-hybridized carbons (Fsp3) is 0.692. The van der Waals surface area contributed by atoms with Crippen molar-refractivity contribution in [2.45, 2.75) is 39.3 Å². The van der Waals surface area contributed by atoms with Crippen molar-refractivity contribution >= 4 is 37.3 Å². The van der Waals surface area contributed by atoms with Crippen molar-refractivity contribution in [1.29, 1.82) is 0 Å². The van der Waals surface area contributed by atoms with Crippen LogP contribution in [-0.4, -0.2) is 38.1 Å². The standard InChI is InChI=1S/C13H23BrN2O2S2/c1-11(2)15-6-4-5-7-20(17,18)16(3)9-13-8-12(14)10-19-13/h8,10-11,15H,4-7,9H2,1-3H3. The lowest BCUT2D eigenvalue weighted by molar-refractivity contribution is 0.466. The highest BCUT2D eigenvalue weighted by Gasteiger charge is 2.18. The molecule has 116 valence electrons. The summed E-state index contributed by atoms with van der Waals surface area (Å²) < 4.78 is 26.7. The van der Waals surface area contributed by atoms with Crippen LogP contribution in [0, 0.1) is 0 Å². The van der Waals surface area contributed by atoms with E-state index < -0.39 is 10.0 Å². The van der Waals surface area contributed by atoms with E-state index >= 15 is 0 Å². The average Bonchev–Trinajstić information content (AvgIpc) is 2.73. The van der Waals surface area contributed by atoms with Gasteiger partial charge in [-0.3, -0.25) is 0 Å². The molecule has 7 heteroatoms. The zero-order chi connectivity index (χ0) is 15.2. The van der Waals surface area contributed by atoms with E-state index in [2.05, 4.69) is 35.1 Å². The van der Waals surface area contributed by atoms with E-state index in [1.807, 2.05) is 11.4 Å². The Morgan fingerprint density at radius 1 is 1.40 bits per heavy atom. The summed E-state index contributed by atoms with van der Waals surface area (Å²) in [6.07, 6.45) is 1.58. The summed E-state index contributed by atoms with van der Waals surface area (Å²) in [4.78, 5) is 1.05. The van der Waals surface area contributed by atoms with E-state index in [0.29, 0.717) is 19.0 Å². The van der Waals surface area contributed by atoms with Crippen molar-refractivity contribution in [2.75, 3.05) is 19.3 Å². The topological polar surface area (TPSA) is 49.4 Å². The zero-order valence-electron chi connectivity index (χ0n) is 12.2. The van der Waals surface area contributed by atoms with Gasteiger partial charge in [0, 0.05) is 34.4 Å². The van der Waals surface area contributed by atoms with Gasteiger partial charge in [0.25, 0.3) is 0 Å². The van der Waals surface area contributed by atoms with Gasteiger partial charge in [-0.25, -0.2) is 8.42 Å². The minimum absolute atomic E-state index is 0.218.